The predicted molar refractivity (Wildman–Crippen MR) is 113 cm³/mol. The number of anilines is 1. The molecule has 1 aromatic heterocycles. The lowest BCUT2D eigenvalue weighted by Gasteiger charge is -2.17. The van der Waals surface area contributed by atoms with Crippen molar-refractivity contribution < 1.29 is 9.32 Å². The highest BCUT2D eigenvalue weighted by Crippen LogP contribution is 2.37. The first kappa shape index (κ1) is 20.5. The Balaban J connectivity index is 2.09. The smallest absolute Gasteiger partial charge is 0.340 e. The fourth-order valence-electron chi connectivity index (χ4n) is 2.47. The number of para-hydroxylation sites is 1. The number of nitrogens with zero attached hydrogens (tertiary/aromatic N) is 3. The monoisotopic (exact) mass is 456 g/mol. The molecule has 10 heteroatoms. The molecule has 0 saturated carbocycles. The standard InChI is InChI=1S/C18H12Cl4N4O2/c1-9-10(16(25-28-9)15-11(19)4-2-5-12(15)20)8-24-26(18(23)27)17-13(21)6-3-7-14(17)22/h2-8H,1H3,(H2,23,27)/b24-8+. The molecule has 0 fully saturated rings. The summed E-state index contributed by atoms with van der Waals surface area (Å²) in [4.78, 5) is 11.9. The molecule has 6 nitrogen and oxygen atoms in total. The van der Waals surface area contributed by atoms with E-state index in [0.29, 0.717) is 32.6 Å². The third kappa shape index (κ3) is 3.95. The number of nitrogens with two attached hydrogens (primary N) is 1. The molecular formula is C18H12Cl4N4O2. The van der Waals surface area contributed by atoms with Crippen LogP contribution in [0, 0.1) is 6.92 Å². The maximum Gasteiger partial charge on any atom is 0.340 e. The quantitative estimate of drug-likeness (QED) is 0.374. The van der Waals surface area contributed by atoms with E-state index in [0.717, 1.165) is 5.01 Å². The number of urea groups is 1. The van der Waals surface area contributed by atoms with Gasteiger partial charge in [-0.25, -0.2) is 4.79 Å². The number of hydrogen-bond donors (Lipinski definition) is 1. The third-order valence-electron chi connectivity index (χ3n) is 3.77. The second-order valence-electron chi connectivity index (χ2n) is 5.56. The zero-order valence-corrected chi connectivity index (χ0v) is 17.3. The molecule has 0 aliphatic rings. The van der Waals surface area contributed by atoms with Crippen LogP contribution in [0.2, 0.25) is 20.1 Å². The molecule has 0 unspecified atom stereocenters. The Bertz CT molecular complexity index is 1040. The SMILES string of the molecule is Cc1onc(-c2c(Cl)cccc2Cl)c1/C=N/N(C(N)=O)c1c(Cl)cccc1Cl. The van der Waals surface area contributed by atoms with Crippen LogP contribution in [-0.4, -0.2) is 17.4 Å². The van der Waals surface area contributed by atoms with Crippen LogP contribution in [-0.2, 0) is 0 Å². The van der Waals surface area contributed by atoms with Gasteiger partial charge in [-0.15, -0.1) is 0 Å². The predicted octanol–water partition coefficient (Wildman–Crippen LogP) is 6.18. The highest BCUT2D eigenvalue weighted by atomic mass is 35.5. The topological polar surface area (TPSA) is 84.7 Å². The molecule has 28 heavy (non-hydrogen) atoms. The van der Waals surface area contributed by atoms with Gasteiger partial charge in [0.25, 0.3) is 0 Å². The molecule has 2 aromatic carbocycles. The molecule has 0 saturated heterocycles. The summed E-state index contributed by atoms with van der Waals surface area (Å²) >= 11 is 24.8. The Hall–Kier alpha value is -2.25. The van der Waals surface area contributed by atoms with Gasteiger partial charge in [0.15, 0.2) is 0 Å². The van der Waals surface area contributed by atoms with Crippen molar-refractivity contribution >= 4 is 64.3 Å². The Labute approximate surface area is 180 Å². The third-order valence-corrected chi connectivity index (χ3v) is 5.01. The van der Waals surface area contributed by atoms with Crippen molar-refractivity contribution in [1.29, 1.82) is 0 Å². The molecule has 1 heterocycles. The van der Waals surface area contributed by atoms with Gasteiger partial charge in [0.05, 0.1) is 31.9 Å². The lowest BCUT2D eigenvalue weighted by Crippen LogP contribution is -2.31. The van der Waals surface area contributed by atoms with E-state index in [-0.39, 0.29) is 15.7 Å². The molecule has 0 aliphatic carbocycles. The average molecular weight is 458 g/mol. The van der Waals surface area contributed by atoms with Gasteiger partial charge in [-0.05, 0) is 31.2 Å². The van der Waals surface area contributed by atoms with Crippen molar-refractivity contribution in [3.05, 3.63) is 67.8 Å². The first-order chi connectivity index (χ1) is 13.3. The minimum atomic E-state index is -0.877. The highest BCUT2D eigenvalue weighted by Gasteiger charge is 2.21. The van der Waals surface area contributed by atoms with E-state index < -0.39 is 6.03 Å². The lowest BCUT2D eigenvalue weighted by molar-refractivity contribution is 0.254. The summed E-state index contributed by atoms with van der Waals surface area (Å²) in [6.45, 7) is 1.68. The minimum Gasteiger partial charge on any atom is -0.360 e. The average Bonchev–Trinajstić information content (AvgIpc) is 2.97. The minimum absolute atomic E-state index is 0.154. The molecule has 0 aliphatic heterocycles. The van der Waals surface area contributed by atoms with Crippen LogP contribution in [0.3, 0.4) is 0 Å². The van der Waals surface area contributed by atoms with Gasteiger partial charge in [-0.1, -0.05) is 63.7 Å². The van der Waals surface area contributed by atoms with Gasteiger partial charge in [-0.3, -0.25) is 0 Å². The van der Waals surface area contributed by atoms with Crippen LogP contribution in [0.1, 0.15) is 11.3 Å². The van der Waals surface area contributed by atoms with Crippen molar-refractivity contribution in [3.63, 3.8) is 0 Å². The normalized spacial score (nSPS) is 11.2. The molecule has 0 bridgehead atoms. The number of halogens is 4. The van der Waals surface area contributed by atoms with E-state index in [9.17, 15) is 4.79 Å². The van der Waals surface area contributed by atoms with Crippen LogP contribution in [0.4, 0.5) is 10.5 Å². The second-order valence-corrected chi connectivity index (χ2v) is 7.19. The summed E-state index contributed by atoms with van der Waals surface area (Å²) in [6.07, 6.45) is 1.35. The second kappa shape index (κ2) is 8.41. The van der Waals surface area contributed by atoms with E-state index in [2.05, 4.69) is 10.3 Å². The van der Waals surface area contributed by atoms with Gasteiger partial charge in [0.1, 0.15) is 17.1 Å². The molecule has 2 N–H and O–H groups in total. The molecule has 0 radical (unpaired) electrons. The van der Waals surface area contributed by atoms with Crippen molar-refractivity contribution in [2.24, 2.45) is 10.8 Å². The summed E-state index contributed by atoms with van der Waals surface area (Å²) in [5.74, 6) is 0.435. The molecule has 0 spiro atoms. The zero-order valence-electron chi connectivity index (χ0n) is 14.3. The number of hydrazone groups is 1. The molecule has 3 rings (SSSR count). The van der Waals surface area contributed by atoms with Crippen LogP contribution in [0.5, 0.6) is 0 Å². The van der Waals surface area contributed by atoms with E-state index in [1.165, 1.54) is 6.21 Å². The number of amides is 2. The number of carbonyl (C=O) groups is 1. The Morgan fingerprint density at radius 3 is 2.14 bits per heavy atom. The van der Waals surface area contributed by atoms with Gasteiger partial charge in [-0.2, -0.15) is 10.1 Å². The maximum atomic E-state index is 11.9. The molecule has 144 valence electrons. The van der Waals surface area contributed by atoms with Crippen LogP contribution < -0.4 is 10.7 Å². The number of aryl methyl sites for hydroxylation is 1. The first-order valence-electron chi connectivity index (χ1n) is 7.79. The van der Waals surface area contributed by atoms with Crippen molar-refractivity contribution in [2.75, 3.05) is 5.01 Å². The van der Waals surface area contributed by atoms with Gasteiger partial charge in [0.2, 0.25) is 0 Å². The number of aromatic nitrogens is 1. The van der Waals surface area contributed by atoms with Crippen LogP contribution >= 0.6 is 46.4 Å². The largest absolute Gasteiger partial charge is 0.360 e. The van der Waals surface area contributed by atoms with E-state index >= 15 is 0 Å². The maximum absolute atomic E-state index is 11.9. The van der Waals surface area contributed by atoms with E-state index in [1.807, 2.05) is 0 Å². The molecule has 0 atom stereocenters. The Morgan fingerprint density at radius 1 is 1.07 bits per heavy atom. The van der Waals surface area contributed by atoms with Crippen molar-refractivity contribution in [1.82, 2.24) is 5.16 Å². The number of primary amides is 1. The Kier molecular flexibility index (Phi) is 6.15. The molecule has 3 aromatic rings. The fraction of sp³-hybridized carbons (Fsp3) is 0.0556. The molecular weight excluding hydrogens is 446 g/mol. The number of rotatable bonds is 4. The van der Waals surface area contributed by atoms with Gasteiger partial charge < -0.3 is 10.3 Å². The Morgan fingerprint density at radius 2 is 1.61 bits per heavy atom. The van der Waals surface area contributed by atoms with E-state index in [4.69, 9.17) is 56.7 Å². The first-order valence-corrected chi connectivity index (χ1v) is 9.30. The number of hydrogen-bond acceptors (Lipinski definition) is 4. The summed E-state index contributed by atoms with van der Waals surface area (Å²) in [6, 6.07) is 8.95. The summed E-state index contributed by atoms with van der Waals surface area (Å²) in [5.41, 5.74) is 6.92. The highest BCUT2D eigenvalue weighted by molar-refractivity contribution is 6.40. The zero-order chi connectivity index (χ0) is 20.4. The van der Waals surface area contributed by atoms with E-state index in [1.54, 1.807) is 43.3 Å². The fourth-order valence-corrected chi connectivity index (χ4v) is 3.60. The van der Waals surface area contributed by atoms with Gasteiger partial charge >= 0.3 is 6.03 Å². The van der Waals surface area contributed by atoms with Crippen molar-refractivity contribution in [2.45, 2.75) is 6.92 Å². The summed E-state index contributed by atoms with van der Waals surface area (Å²) < 4.78 is 5.26. The summed E-state index contributed by atoms with van der Waals surface area (Å²) in [5, 5.41) is 10.2. The van der Waals surface area contributed by atoms with Crippen LogP contribution in [0.25, 0.3) is 11.3 Å². The van der Waals surface area contributed by atoms with Crippen molar-refractivity contribution in [3.8, 4) is 11.3 Å². The number of carbonyl (C=O) groups excluding carboxylic acids is 1. The van der Waals surface area contributed by atoms with Crippen LogP contribution in [0.15, 0.2) is 46.0 Å². The summed E-state index contributed by atoms with van der Waals surface area (Å²) in [7, 11) is 0. The number of benzene rings is 2. The lowest BCUT2D eigenvalue weighted by atomic mass is 10.1. The van der Waals surface area contributed by atoms with Gasteiger partial charge in [0, 0.05) is 5.56 Å². The molecule has 2 amide bonds.